The van der Waals surface area contributed by atoms with E-state index in [4.69, 9.17) is 0 Å². The van der Waals surface area contributed by atoms with Crippen molar-refractivity contribution in [1.29, 1.82) is 0 Å². The zero-order valence-corrected chi connectivity index (χ0v) is 4.69. The van der Waals surface area contributed by atoms with E-state index in [9.17, 15) is 14.9 Å². The van der Waals surface area contributed by atoms with Crippen molar-refractivity contribution >= 4 is 6.41 Å². The largest absolute Gasteiger partial charge is 0.273 e. The molecule has 0 rings (SSSR count). The van der Waals surface area contributed by atoms with Gasteiger partial charge in [-0.2, -0.15) is 0 Å². The number of hydrogen-bond acceptors (Lipinski definition) is 3. The van der Waals surface area contributed by atoms with Crippen molar-refractivity contribution in [3.05, 3.63) is 22.8 Å². The molecule has 0 aliphatic rings. The molecule has 0 bridgehead atoms. The Morgan fingerprint density at radius 3 is 2.44 bits per heavy atom. The van der Waals surface area contributed by atoms with E-state index in [1.165, 1.54) is 6.08 Å². The van der Waals surface area contributed by atoms with Crippen LogP contribution in [0, 0.1) is 10.1 Å². The smallest absolute Gasteiger partial charge is 0.271 e. The summed E-state index contributed by atoms with van der Waals surface area (Å²) in [6.07, 6.45) is 1.42. The molecule has 0 aliphatic heterocycles. The van der Waals surface area contributed by atoms with E-state index in [0.29, 0.717) is 5.01 Å². The lowest BCUT2D eigenvalue weighted by molar-refractivity contribution is -0.629. The Morgan fingerprint density at radius 2 is 2.33 bits per heavy atom. The molecule has 0 aromatic rings. The zero-order valence-electron chi connectivity index (χ0n) is 4.69. The Morgan fingerprint density at radius 1 is 1.78 bits per heavy atom. The minimum atomic E-state index is -0.797. The Labute approximate surface area is 51.7 Å². The van der Waals surface area contributed by atoms with E-state index >= 15 is 0 Å². The molecule has 0 spiro atoms. The van der Waals surface area contributed by atoms with Crippen LogP contribution < -0.4 is 0 Å². The van der Waals surface area contributed by atoms with Crippen LogP contribution in [-0.2, 0) is 4.79 Å². The van der Waals surface area contributed by atoms with Gasteiger partial charge in [0.25, 0.3) is 6.41 Å². The molecule has 50 valence electrons. The first-order chi connectivity index (χ1) is 4.22. The highest BCUT2D eigenvalue weighted by Crippen LogP contribution is 1.80. The summed E-state index contributed by atoms with van der Waals surface area (Å²) in [6.45, 7) is 3.17. The molecular weight excluding hydrogens is 124 g/mol. The molecule has 0 radical (unpaired) electrons. The third-order valence-corrected chi connectivity index (χ3v) is 0.648. The average Bonchev–Trinajstić information content (AvgIpc) is 1.82. The Balaban J connectivity index is 3.81. The zero-order chi connectivity index (χ0) is 7.28. The van der Waals surface area contributed by atoms with Crippen LogP contribution in [0.3, 0.4) is 0 Å². The van der Waals surface area contributed by atoms with E-state index in [2.05, 4.69) is 6.58 Å². The second-order valence-electron chi connectivity index (χ2n) is 1.25. The predicted molar refractivity (Wildman–Crippen MR) is 30.0 cm³/mol. The molecule has 1 amide bonds. The summed E-state index contributed by atoms with van der Waals surface area (Å²) in [6, 6.07) is 0. The van der Waals surface area contributed by atoms with E-state index in [1.807, 2.05) is 0 Å². The molecule has 0 atom stereocenters. The maximum Gasteiger partial charge on any atom is 0.271 e. The fourth-order valence-electron chi connectivity index (χ4n) is 0.280. The van der Waals surface area contributed by atoms with Crippen molar-refractivity contribution in [1.82, 2.24) is 5.01 Å². The standard InChI is InChI=1S/C4H6N2O3/c1-2-3-5(4-7)6(8)9/h2,4H,1,3H2. The molecule has 0 fully saturated rings. The van der Waals surface area contributed by atoms with Gasteiger partial charge in [-0.15, -0.1) is 6.58 Å². The van der Waals surface area contributed by atoms with Crippen LogP contribution in [0.4, 0.5) is 0 Å². The quantitative estimate of drug-likeness (QED) is 0.229. The van der Waals surface area contributed by atoms with E-state index in [0.717, 1.165) is 0 Å². The second-order valence-corrected chi connectivity index (χ2v) is 1.25. The van der Waals surface area contributed by atoms with Gasteiger partial charge in [-0.05, 0) is 0 Å². The molecule has 0 heterocycles. The minimum Gasteiger partial charge on any atom is -0.273 e. The first kappa shape index (κ1) is 7.61. The van der Waals surface area contributed by atoms with Crippen LogP contribution >= 0.6 is 0 Å². The number of amides is 1. The highest BCUT2D eigenvalue weighted by molar-refractivity contribution is 5.44. The van der Waals surface area contributed by atoms with Crippen molar-refractivity contribution in [2.45, 2.75) is 0 Å². The lowest BCUT2D eigenvalue weighted by atomic mass is 10.6. The van der Waals surface area contributed by atoms with Crippen LogP contribution in [0.1, 0.15) is 0 Å². The van der Waals surface area contributed by atoms with Gasteiger partial charge < -0.3 is 0 Å². The number of carbonyl (C=O) groups excluding carboxylic acids is 1. The van der Waals surface area contributed by atoms with Crippen LogP contribution in [0.2, 0.25) is 0 Å². The highest BCUT2D eigenvalue weighted by atomic mass is 16.7. The van der Waals surface area contributed by atoms with E-state index < -0.39 is 5.03 Å². The van der Waals surface area contributed by atoms with Gasteiger partial charge in [-0.25, -0.2) is 10.1 Å². The second kappa shape index (κ2) is 3.59. The predicted octanol–water partition coefficient (Wildman–Crippen LogP) is -0.178. The van der Waals surface area contributed by atoms with Crippen LogP contribution in [0.5, 0.6) is 0 Å². The maximum atomic E-state index is 9.77. The molecule has 9 heavy (non-hydrogen) atoms. The van der Waals surface area contributed by atoms with Crippen molar-refractivity contribution < 1.29 is 9.83 Å². The van der Waals surface area contributed by atoms with Gasteiger partial charge in [0.2, 0.25) is 0 Å². The van der Waals surface area contributed by atoms with Gasteiger partial charge in [0.1, 0.15) is 6.54 Å². The third-order valence-electron chi connectivity index (χ3n) is 0.648. The van der Waals surface area contributed by atoms with Gasteiger partial charge in [0.15, 0.2) is 5.03 Å². The van der Waals surface area contributed by atoms with Crippen molar-refractivity contribution in [2.75, 3.05) is 6.54 Å². The Hall–Kier alpha value is -1.39. The monoisotopic (exact) mass is 130 g/mol. The highest BCUT2D eigenvalue weighted by Gasteiger charge is 2.07. The molecule has 5 nitrogen and oxygen atoms in total. The molecule has 0 aromatic carbocycles. The Kier molecular flexibility index (Phi) is 3.04. The Bertz CT molecular complexity index is 134. The van der Waals surface area contributed by atoms with E-state index in [1.54, 1.807) is 0 Å². The summed E-state index contributed by atoms with van der Waals surface area (Å²) in [5, 5.41) is 9.37. The SMILES string of the molecule is C=CCN(C=O)[N+](=O)[O-]. The van der Waals surface area contributed by atoms with Gasteiger partial charge in [-0.1, -0.05) is 11.1 Å². The number of hydrogen-bond donors (Lipinski definition) is 0. The van der Waals surface area contributed by atoms with Gasteiger partial charge in [-0.3, -0.25) is 4.79 Å². The van der Waals surface area contributed by atoms with Crippen molar-refractivity contribution in [3.8, 4) is 0 Å². The summed E-state index contributed by atoms with van der Waals surface area (Å²) in [4.78, 5) is 19.5. The summed E-state index contributed by atoms with van der Waals surface area (Å²) >= 11 is 0. The number of carbonyl (C=O) groups is 1. The molecule has 0 saturated heterocycles. The van der Waals surface area contributed by atoms with Crippen LogP contribution in [0.25, 0.3) is 0 Å². The molecule has 0 N–H and O–H groups in total. The first-order valence-electron chi connectivity index (χ1n) is 2.19. The van der Waals surface area contributed by atoms with Gasteiger partial charge in [0.05, 0.1) is 0 Å². The molecule has 0 saturated carbocycles. The topological polar surface area (TPSA) is 63.5 Å². The van der Waals surface area contributed by atoms with E-state index in [-0.39, 0.29) is 13.0 Å². The maximum absolute atomic E-state index is 9.77. The summed E-state index contributed by atoms with van der Waals surface area (Å²) in [5.74, 6) is 0. The van der Waals surface area contributed by atoms with Gasteiger partial charge in [0, 0.05) is 0 Å². The molecule has 0 unspecified atom stereocenters. The molecule has 5 heteroatoms. The normalized spacial score (nSPS) is 8.00. The van der Waals surface area contributed by atoms with Gasteiger partial charge >= 0.3 is 0 Å². The summed E-state index contributed by atoms with van der Waals surface area (Å²) in [5.41, 5.74) is 0. The number of nitrogens with zero attached hydrogens (tertiary/aromatic N) is 2. The van der Waals surface area contributed by atoms with Crippen LogP contribution in [-0.4, -0.2) is 23.0 Å². The van der Waals surface area contributed by atoms with Crippen molar-refractivity contribution in [3.63, 3.8) is 0 Å². The average molecular weight is 130 g/mol. The lowest BCUT2D eigenvalue weighted by Gasteiger charge is -1.99. The molecule has 0 aromatic heterocycles. The minimum absolute atomic E-state index is 0.0590. The number of hydrazine groups is 1. The molecule has 0 aliphatic carbocycles. The first-order valence-corrected chi connectivity index (χ1v) is 2.19. The van der Waals surface area contributed by atoms with Crippen LogP contribution in [0.15, 0.2) is 12.7 Å². The number of rotatable bonds is 4. The van der Waals surface area contributed by atoms with Crippen molar-refractivity contribution in [2.24, 2.45) is 0 Å². The number of nitro groups is 1. The fourth-order valence-corrected chi connectivity index (χ4v) is 0.280. The molecular formula is C4H6N2O3. The summed E-state index contributed by atoms with van der Waals surface area (Å²) in [7, 11) is 0. The lowest BCUT2D eigenvalue weighted by Crippen LogP contribution is -2.28. The summed E-state index contributed by atoms with van der Waals surface area (Å²) < 4.78 is 0. The third kappa shape index (κ3) is 2.43. The fraction of sp³-hybridized carbons (Fsp3) is 0.250.